The van der Waals surface area contributed by atoms with E-state index in [2.05, 4.69) is 11.1 Å². The van der Waals surface area contributed by atoms with E-state index in [1.54, 1.807) is 0 Å². The third-order valence-electron chi connectivity index (χ3n) is 4.38. The number of hydrogen-bond donors (Lipinski definition) is 1. The first-order chi connectivity index (χ1) is 11.3. The second-order valence-electron chi connectivity index (χ2n) is 5.98. The molecule has 5 nitrogen and oxygen atoms in total. The number of thiophene rings is 1. The zero-order chi connectivity index (χ0) is 17.6. The van der Waals surface area contributed by atoms with Gasteiger partial charge in [-0.3, -0.25) is 9.36 Å². The molecule has 0 aliphatic heterocycles. The fourth-order valence-corrected chi connectivity index (χ4v) is 3.76. The smallest absolute Gasteiger partial charge is 0.326 e. The summed E-state index contributed by atoms with van der Waals surface area (Å²) in [6.07, 6.45) is 1.32. The van der Waals surface area contributed by atoms with Gasteiger partial charge in [0.05, 0.1) is 11.7 Å². The molecule has 0 bridgehead atoms. The van der Waals surface area contributed by atoms with E-state index in [1.165, 1.54) is 34.7 Å². The van der Waals surface area contributed by atoms with Gasteiger partial charge in [-0.25, -0.2) is 9.78 Å². The zero-order valence-corrected chi connectivity index (χ0v) is 14.8. The van der Waals surface area contributed by atoms with Crippen LogP contribution in [0.3, 0.4) is 0 Å². The van der Waals surface area contributed by atoms with Crippen LogP contribution >= 0.6 is 11.3 Å². The first-order valence-electron chi connectivity index (χ1n) is 7.62. The highest BCUT2D eigenvalue weighted by molar-refractivity contribution is 7.19. The molecular formula is C18H18N2O3S. The maximum absolute atomic E-state index is 12.9. The van der Waals surface area contributed by atoms with Gasteiger partial charge in [-0.15, -0.1) is 11.3 Å². The van der Waals surface area contributed by atoms with Gasteiger partial charge in [0, 0.05) is 10.4 Å². The fourth-order valence-electron chi connectivity index (χ4n) is 2.75. The van der Waals surface area contributed by atoms with Gasteiger partial charge in [-0.2, -0.15) is 0 Å². The average Bonchev–Trinajstić information content (AvgIpc) is 2.87. The fraction of sp³-hybridized carbons (Fsp3) is 0.278. The van der Waals surface area contributed by atoms with Gasteiger partial charge < -0.3 is 5.11 Å². The Kier molecular flexibility index (Phi) is 4.01. The molecule has 0 saturated carbocycles. The molecule has 6 heteroatoms. The van der Waals surface area contributed by atoms with Crippen molar-refractivity contribution in [2.75, 3.05) is 0 Å². The van der Waals surface area contributed by atoms with E-state index < -0.39 is 12.0 Å². The summed E-state index contributed by atoms with van der Waals surface area (Å²) in [6, 6.07) is 5.12. The number of rotatable bonds is 3. The van der Waals surface area contributed by atoms with Crippen molar-refractivity contribution in [3.8, 4) is 11.1 Å². The molecule has 0 unspecified atom stereocenters. The molecule has 0 spiro atoms. The number of fused-ring (bicyclic) bond motifs is 1. The number of hydrogen-bond acceptors (Lipinski definition) is 4. The Balaban J connectivity index is 2.34. The maximum atomic E-state index is 12.9. The van der Waals surface area contributed by atoms with E-state index >= 15 is 0 Å². The normalized spacial score (nSPS) is 12.5. The quantitative estimate of drug-likeness (QED) is 0.788. The molecule has 1 N–H and O–H groups in total. The van der Waals surface area contributed by atoms with Crippen molar-refractivity contribution in [3.05, 3.63) is 50.9 Å². The third kappa shape index (κ3) is 2.53. The molecule has 0 radical (unpaired) electrons. The molecule has 0 fully saturated rings. The number of carboxylic acids is 1. The summed E-state index contributed by atoms with van der Waals surface area (Å²) in [5.41, 5.74) is 3.83. The predicted molar refractivity (Wildman–Crippen MR) is 95.9 cm³/mol. The van der Waals surface area contributed by atoms with Gasteiger partial charge in [0.25, 0.3) is 5.56 Å². The molecule has 0 aliphatic carbocycles. The average molecular weight is 342 g/mol. The van der Waals surface area contributed by atoms with Crippen molar-refractivity contribution < 1.29 is 9.90 Å². The summed E-state index contributed by atoms with van der Waals surface area (Å²) in [5, 5.41) is 9.70. The third-order valence-corrected chi connectivity index (χ3v) is 5.40. The topological polar surface area (TPSA) is 72.2 Å². The second-order valence-corrected chi connectivity index (χ2v) is 7.19. The number of aryl methyl sites for hydroxylation is 3. The molecule has 0 aliphatic rings. The van der Waals surface area contributed by atoms with Crippen LogP contribution in [-0.2, 0) is 4.79 Å². The summed E-state index contributed by atoms with van der Waals surface area (Å²) < 4.78 is 1.18. The summed E-state index contributed by atoms with van der Waals surface area (Å²) in [4.78, 5) is 30.1. The Labute approximate surface area is 143 Å². The lowest BCUT2D eigenvalue weighted by molar-refractivity contribution is -0.140. The van der Waals surface area contributed by atoms with Crippen LogP contribution in [0.2, 0.25) is 0 Å². The highest BCUT2D eigenvalue weighted by Gasteiger charge is 2.21. The van der Waals surface area contributed by atoms with Crippen LogP contribution in [0.15, 0.2) is 29.3 Å². The minimum Gasteiger partial charge on any atom is -0.480 e. The molecule has 1 atom stereocenters. The van der Waals surface area contributed by atoms with Crippen molar-refractivity contribution in [2.45, 2.75) is 33.7 Å². The molecule has 2 heterocycles. The Morgan fingerprint density at radius 2 is 1.96 bits per heavy atom. The lowest BCUT2D eigenvalue weighted by atomic mass is 9.99. The first kappa shape index (κ1) is 16.4. The standard InChI is InChI=1S/C18H18N2O3S/c1-9-5-6-13(7-10(9)2)14-12(4)24-16-15(14)17(21)20(8-19-16)11(3)18(22)23/h5-8,11H,1-4H3,(H,22,23)/t11-/m0/s1. The summed E-state index contributed by atoms with van der Waals surface area (Å²) in [6.45, 7) is 7.51. The first-order valence-corrected chi connectivity index (χ1v) is 8.43. The van der Waals surface area contributed by atoms with Crippen LogP contribution in [0.4, 0.5) is 0 Å². The minimum atomic E-state index is -1.06. The van der Waals surface area contributed by atoms with Crippen LogP contribution in [0.1, 0.15) is 29.0 Å². The Morgan fingerprint density at radius 3 is 2.58 bits per heavy atom. The van der Waals surface area contributed by atoms with Crippen molar-refractivity contribution in [2.24, 2.45) is 0 Å². The van der Waals surface area contributed by atoms with Gasteiger partial charge in [0.15, 0.2) is 0 Å². The highest BCUT2D eigenvalue weighted by atomic mass is 32.1. The van der Waals surface area contributed by atoms with Crippen LogP contribution in [-0.4, -0.2) is 20.6 Å². The van der Waals surface area contributed by atoms with Gasteiger partial charge in [0.2, 0.25) is 0 Å². The van der Waals surface area contributed by atoms with Crippen LogP contribution in [0, 0.1) is 20.8 Å². The van der Waals surface area contributed by atoms with Gasteiger partial charge >= 0.3 is 5.97 Å². The molecule has 3 aromatic rings. The van der Waals surface area contributed by atoms with Gasteiger partial charge in [-0.1, -0.05) is 18.2 Å². The number of benzene rings is 1. The van der Waals surface area contributed by atoms with E-state index in [0.29, 0.717) is 10.2 Å². The van der Waals surface area contributed by atoms with Crippen molar-refractivity contribution >= 4 is 27.5 Å². The van der Waals surface area contributed by atoms with E-state index in [1.807, 2.05) is 32.9 Å². The summed E-state index contributed by atoms with van der Waals surface area (Å²) in [7, 11) is 0. The minimum absolute atomic E-state index is 0.313. The monoisotopic (exact) mass is 342 g/mol. The second kappa shape index (κ2) is 5.87. The van der Waals surface area contributed by atoms with Crippen molar-refractivity contribution in [1.82, 2.24) is 9.55 Å². The number of aromatic nitrogens is 2. The molecule has 1 aromatic carbocycles. The number of nitrogens with zero attached hydrogens (tertiary/aromatic N) is 2. The van der Waals surface area contributed by atoms with Crippen molar-refractivity contribution in [1.29, 1.82) is 0 Å². The van der Waals surface area contributed by atoms with Crippen LogP contribution in [0.25, 0.3) is 21.3 Å². The largest absolute Gasteiger partial charge is 0.480 e. The SMILES string of the molecule is Cc1ccc(-c2c(C)sc3ncn([C@@H](C)C(=O)O)c(=O)c23)cc1C. The zero-order valence-electron chi connectivity index (χ0n) is 14.0. The molecular weight excluding hydrogens is 324 g/mol. The Bertz CT molecular complexity index is 1020. The Morgan fingerprint density at radius 1 is 1.25 bits per heavy atom. The van der Waals surface area contributed by atoms with Crippen LogP contribution in [0.5, 0.6) is 0 Å². The predicted octanol–water partition coefficient (Wildman–Crippen LogP) is 3.70. The lowest BCUT2D eigenvalue weighted by Gasteiger charge is -2.10. The molecule has 124 valence electrons. The summed E-state index contributed by atoms with van der Waals surface area (Å²) >= 11 is 1.45. The lowest BCUT2D eigenvalue weighted by Crippen LogP contribution is -2.28. The van der Waals surface area contributed by atoms with Gasteiger partial charge in [0.1, 0.15) is 10.9 Å². The van der Waals surface area contributed by atoms with Gasteiger partial charge in [-0.05, 0) is 44.4 Å². The van der Waals surface area contributed by atoms with E-state index in [9.17, 15) is 14.7 Å². The highest BCUT2D eigenvalue weighted by Crippen LogP contribution is 2.36. The number of carbonyl (C=O) groups is 1. The maximum Gasteiger partial charge on any atom is 0.326 e. The van der Waals surface area contributed by atoms with E-state index in [0.717, 1.165) is 21.6 Å². The molecule has 2 aromatic heterocycles. The Hall–Kier alpha value is -2.47. The molecule has 0 amide bonds. The number of aliphatic carboxylic acids is 1. The van der Waals surface area contributed by atoms with E-state index in [-0.39, 0.29) is 5.56 Å². The van der Waals surface area contributed by atoms with Crippen LogP contribution < -0.4 is 5.56 Å². The molecule has 3 rings (SSSR count). The number of carboxylic acid groups (broad SMARTS) is 1. The molecule has 0 saturated heterocycles. The van der Waals surface area contributed by atoms with Crippen molar-refractivity contribution in [3.63, 3.8) is 0 Å². The van der Waals surface area contributed by atoms with E-state index in [4.69, 9.17) is 0 Å². The summed E-state index contributed by atoms with van der Waals surface area (Å²) in [5.74, 6) is -1.06. The molecule has 24 heavy (non-hydrogen) atoms.